The second-order valence-corrected chi connectivity index (χ2v) is 7.90. The molecule has 3 aromatic carbocycles. The van der Waals surface area contributed by atoms with Gasteiger partial charge in [0.05, 0.1) is 18.4 Å². The molecule has 0 N–H and O–H groups in total. The third kappa shape index (κ3) is 4.40. The van der Waals surface area contributed by atoms with Crippen molar-refractivity contribution in [1.29, 1.82) is 0 Å². The van der Waals surface area contributed by atoms with Crippen LogP contribution < -0.4 is 0 Å². The standard InChI is InChI=1S/C24H19IN2O2/c1-29-24(28)18-6-4-5-17(13-18)15-27-16-19(22-7-2-3-8-23(22)27)14-26-21-11-9-20(25)10-12-21/h2-14,16H,15H2,1H3. The average molecular weight is 494 g/mol. The fourth-order valence-electron chi connectivity index (χ4n) is 3.29. The molecule has 5 heteroatoms. The molecule has 0 saturated heterocycles. The zero-order valence-corrected chi connectivity index (χ0v) is 18.0. The maximum Gasteiger partial charge on any atom is 0.337 e. The molecule has 0 spiro atoms. The smallest absolute Gasteiger partial charge is 0.337 e. The molecule has 4 nitrogen and oxygen atoms in total. The second kappa shape index (κ2) is 8.61. The van der Waals surface area contributed by atoms with E-state index in [9.17, 15) is 4.79 Å². The Kier molecular flexibility index (Phi) is 5.76. The van der Waals surface area contributed by atoms with Gasteiger partial charge in [0.25, 0.3) is 0 Å². The molecule has 0 bridgehead atoms. The normalized spacial score (nSPS) is 11.2. The number of benzene rings is 3. The van der Waals surface area contributed by atoms with Crippen LogP contribution in [0, 0.1) is 3.57 Å². The zero-order chi connectivity index (χ0) is 20.2. The number of ether oxygens (including phenoxy) is 1. The monoisotopic (exact) mass is 494 g/mol. The van der Waals surface area contributed by atoms with E-state index in [0.717, 1.165) is 27.7 Å². The summed E-state index contributed by atoms with van der Waals surface area (Å²) in [5.74, 6) is -0.324. The predicted octanol–water partition coefficient (Wildman–Crippen LogP) is 5.83. The number of carbonyl (C=O) groups excluding carboxylic acids is 1. The van der Waals surface area contributed by atoms with Crippen LogP contribution in [0.3, 0.4) is 0 Å². The lowest BCUT2D eigenvalue weighted by molar-refractivity contribution is 0.0600. The fraction of sp³-hybridized carbons (Fsp3) is 0.0833. The molecule has 0 radical (unpaired) electrons. The molecule has 0 amide bonds. The summed E-state index contributed by atoms with van der Waals surface area (Å²) in [4.78, 5) is 16.5. The molecule has 0 fully saturated rings. The Hall–Kier alpha value is -2.93. The van der Waals surface area contributed by atoms with Crippen molar-refractivity contribution < 1.29 is 9.53 Å². The van der Waals surface area contributed by atoms with Gasteiger partial charge >= 0.3 is 5.97 Å². The lowest BCUT2D eigenvalue weighted by Gasteiger charge is -2.07. The van der Waals surface area contributed by atoms with E-state index in [1.54, 1.807) is 6.07 Å². The van der Waals surface area contributed by atoms with Gasteiger partial charge in [-0.05, 0) is 70.6 Å². The number of methoxy groups -OCH3 is 1. The maximum atomic E-state index is 11.8. The van der Waals surface area contributed by atoms with E-state index in [1.165, 1.54) is 10.7 Å². The van der Waals surface area contributed by atoms with E-state index >= 15 is 0 Å². The highest BCUT2D eigenvalue weighted by molar-refractivity contribution is 14.1. The second-order valence-electron chi connectivity index (χ2n) is 6.66. The van der Waals surface area contributed by atoms with E-state index in [1.807, 2.05) is 60.8 Å². The van der Waals surface area contributed by atoms with Crippen LogP contribution >= 0.6 is 22.6 Å². The highest BCUT2D eigenvalue weighted by Crippen LogP contribution is 2.23. The number of rotatable bonds is 5. The molecule has 0 unspecified atom stereocenters. The summed E-state index contributed by atoms with van der Waals surface area (Å²) in [6, 6.07) is 23.9. The van der Waals surface area contributed by atoms with Gasteiger partial charge in [-0.15, -0.1) is 0 Å². The molecular weight excluding hydrogens is 475 g/mol. The van der Waals surface area contributed by atoms with Gasteiger partial charge in [-0.1, -0.05) is 30.3 Å². The Morgan fingerprint density at radius 2 is 1.86 bits per heavy atom. The van der Waals surface area contributed by atoms with Gasteiger partial charge < -0.3 is 9.30 Å². The van der Waals surface area contributed by atoms with Crippen molar-refractivity contribution in [3.8, 4) is 0 Å². The van der Waals surface area contributed by atoms with Gasteiger partial charge in [0, 0.05) is 39.0 Å². The largest absolute Gasteiger partial charge is 0.465 e. The van der Waals surface area contributed by atoms with Gasteiger partial charge in [0.15, 0.2) is 0 Å². The summed E-state index contributed by atoms with van der Waals surface area (Å²) in [6.07, 6.45) is 4.01. The summed E-state index contributed by atoms with van der Waals surface area (Å²) in [7, 11) is 1.40. The number of para-hydroxylation sites is 1. The number of nitrogens with zero attached hydrogens (tertiary/aromatic N) is 2. The van der Waals surface area contributed by atoms with E-state index in [-0.39, 0.29) is 5.97 Å². The minimum atomic E-state index is -0.324. The lowest BCUT2D eigenvalue weighted by Crippen LogP contribution is -2.03. The Morgan fingerprint density at radius 1 is 1.07 bits per heavy atom. The van der Waals surface area contributed by atoms with Crippen LogP contribution in [0.5, 0.6) is 0 Å². The first-order chi connectivity index (χ1) is 14.1. The van der Waals surface area contributed by atoms with Crippen molar-refractivity contribution in [2.45, 2.75) is 6.54 Å². The fourth-order valence-corrected chi connectivity index (χ4v) is 3.65. The van der Waals surface area contributed by atoms with Crippen molar-refractivity contribution in [3.63, 3.8) is 0 Å². The summed E-state index contributed by atoms with van der Waals surface area (Å²) < 4.78 is 8.20. The van der Waals surface area contributed by atoms with Crippen molar-refractivity contribution >= 4 is 51.4 Å². The van der Waals surface area contributed by atoms with Crippen molar-refractivity contribution in [2.24, 2.45) is 4.99 Å². The molecule has 144 valence electrons. The first-order valence-corrected chi connectivity index (χ1v) is 10.3. The SMILES string of the molecule is COC(=O)c1cccc(Cn2cc(C=Nc3ccc(I)cc3)c3ccccc32)c1. The average Bonchev–Trinajstić information content (AvgIpc) is 3.10. The molecule has 4 rings (SSSR count). The maximum absolute atomic E-state index is 11.8. The number of halogens is 1. The minimum absolute atomic E-state index is 0.324. The van der Waals surface area contributed by atoms with Crippen LogP contribution in [0.15, 0.2) is 84.0 Å². The van der Waals surface area contributed by atoms with Gasteiger partial charge in [-0.25, -0.2) is 4.79 Å². The Morgan fingerprint density at radius 3 is 2.66 bits per heavy atom. The minimum Gasteiger partial charge on any atom is -0.465 e. The van der Waals surface area contributed by atoms with Gasteiger partial charge in [0.1, 0.15) is 0 Å². The highest BCUT2D eigenvalue weighted by Gasteiger charge is 2.09. The van der Waals surface area contributed by atoms with Crippen LogP contribution in [0.1, 0.15) is 21.5 Å². The number of aromatic nitrogens is 1. The number of aliphatic imine (C=N–C) groups is 1. The first-order valence-electron chi connectivity index (χ1n) is 9.19. The lowest BCUT2D eigenvalue weighted by atomic mass is 10.1. The molecule has 29 heavy (non-hydrogen) atoms. The molecule has 0 aliphatic rings. The van der Waals surface area contributed by atoms with Gasteiger partial charge in [-0.2, -0.15) is 0 Å². The molecule has 0 saturated carbocycles. The molecule has 0 atom stereocenters. The van der Waals surface area contributed by atoms with Crippen molar-refractivity contribution in [2.75, 3.05) is 7.11 Å². The predicted molar refractivity (Wildman–Crippen MR) is 125 cm³/mol. The Balaban J connectivity index is 1.67. The molecule has 1 aromatic heterocycles. The number of fused-ring (bicyclic) bond motifs is 1. The van der Waals surface area contributed by atoms with Crippen molar-refractivity contribution in [3.05, 3.63) is 99.3 Å². The number of hydrogen-bond acceptors (Lipinski definition) is 3. The number of hydrogen-bond donors (Lipinski definition) is 0. The van der Waals surface area contributed by atoms with E-state index in [0.29, 0.717) is 12.1 Å². The van der Waals surface area contributed by atoms with Crippen molar-refractivity contribution in [1.82, 2.24) is 4.57 Å². The highest BCUT2D eigenvalue weighted by atomic mass is 127. The number of esters is 1. The molecule has 1 heterocycles. The summed E-state index contributed by atoms with van der Waals surface area (Å²) >= 11 is 2.29. The van der Waals surface area contributed by atoms with E-state index in [2.05, 4.69) is 50.5 Å². The Labute approximate surface area is 183 Å². The van der Waals surface area contributed by atoms with Crippen LogP contribution in [0.4, 0.5) is 5.69 Å². The van der Waals surface area contributed by atoms with E-state index < -0.39 is 0 Å². The quantitative estimate of drug-likeness (QED) is 0.199. The van der Waals surface area contributed by atoms with Gasteiger partial charge in [0.2, 0.25) is 0 Å². The Bertz CT molecular complexity index is 1190. The number of carbonyl (C=O) groups is 1. The van der Waals surface area contributed by atoms with Crippen LogP contribution in [0.25, 0.3) is 10.9 Å². The van der Waals surface area contributed by atoms with Gasteiger partial charge in [-0.3, -0.25) is 4.99 Å². The summed E-state index contributed by atoms with van der Waals surface area (Å²) in [6.45, 7) is 0.655. The van der Waals surface area contributed by atoms with Crippen LogP contribution in [0.2, 0.25) is 0 Å². The molecular formula is C24H19IN2O2. The third-order valence-electron chi connectivity index (χ3n) is 4.70. The first kappa shape index (κ1) is 19.4. The van der Waals surface area contributed by atoms with Crippen LogP contribution in [-0.4, -0.2) is 23.9 Å². The molecule has 0 aliphatic carbocycles. The van der Waals surface area contributed by atoms with E-state index in [4.69, 9.17) is 4.74 Å². The summed E-state index contributed by atoms with van der Waals surface area (Å²) in [5.41, 5.74) is 4.70. The molecule has 4 aromatic rings. The third-order valence-corrected chi connectivity index (χ3v) is 5.42. The van der Waals surface area contributed by atoms with Crippen LogP contribution in [-0.2, 0) is 11.3 Å². The topological polar surface area (TPSA) is 43.6 Å². The zero-order valence-electron chi connectivity index (χ0n) is 15.9. The summed E-state index contributed by atoms with van der Waals surface area (Å²) in [5, 5.41) is 1.14. The molecule has 0 aliphatic heterocycles.